The summed E-state index contributed by atoms with van der Waals surface area (Å²) < 4.78 is 37.9. The first-order valence-corrected chi connectivity index (χ1v) is 11.0. The number of sulfonamides is 1. The number of imide groups is 1. The lowest BCUT2D eigenvalue weighted by Crippen LogP contribution is -2.48. The molecule has 3 atom stereocenters. The van der Waals surface area contributed by atoms with E-state index in [2.05, 4.69) is 5.32 Å². The number of benzene rings is 1. The van der Waals surface area contributed by atoms with Crippen LogP contribution in [-0.2, 0) is 24.3 Å². The van der Waals surface area contributed by atoms with Gasteiger partial charge in [-0.25, -0.2) is 18.0 Å². The van der Waals surface area contributed by atoms with Crippen molar-refractivity contribution in [2.75, 3.05) is 19.6 Å². The van der Waals surface area contributed by atoms with E-state index < -0.39 is 34.0 Å². The molecule has 30 heavy (non-hydrogen) atoms. The first kappa shape index (κ1) is 23.8. The van der Waals surface area contributed by atoms with E-state index in [1.54, 1.807) is 20.8 Å². The average Bonchev–Trinajstić information content (AvgIpc) is 2.67. The second-order valence-corrected chi connectivity index (χ2v) is 8.94. The number of nitrogens with one attached hydrogen (secondary N) is 2. The third-order valence-electron chi connectivity index (χ3n) is 4.32. The van der Waals surface area contributed by atoms with Crippen molar-refractivity contribution in [3.8, 4) is 0 Å². The Bertz CT molecular complexity index is 893. The first-order chi connectivity index (χ1) is 14.0. The number of hydrogen-bond acceptors (Lipinski definition) is 7. The molecule has 1 aliphatic rings. The Morgan fingerprint density at radius 2 is 1.87 bits per heavy atom. The number of hydrogen-bond donors (Lipinski definition) is 2. The van der Waals surface area contributed by atoms with E-state index in [1.165, 1.54) is 35.5 Å². The van der Waals surface area contributed by atoms with Crippen LogP contribution in [0.2, 0.25) is 0 Å². The molecule has 0 aliphatic carbocycles. The molecule has 1 aromatic rings. The fourth-order valence-corrected chi connectivity index (χ4v) is 4.60. The van der Waals surface area contributed by atoms with Gasteiger partial charge in [-0.3, -0.25) is 10.1 Å². The molecule has 1 saturated heterocycles. The lowest BCUT2D eigenvalue weighted by atomic mass is 10.2. The maximum Gasteiger partial charge on any atom is 0.338 e. The number of esters is 1. The molecule has 1 heterocycles. The van der Waals surface area contributed by atoms with Crippen molar-refractivity contribution in [2.24, 2.45) is 0 Å². The standard InChI is InChI=1S/C19H27N3O7S/c1-5-20-19(25)21-17(23)14(4)29-18(24)15-7-6-8-16(9-15)30(26,27)22-10-12(2)28-13(3)11-22/h6-9,12-14H,5,10-11H2,1-4H3,(H2,20,21,23,25)/t12-,13-,14-/m0/s1. The smallest absolute Gasteiger partial charge is 0.338 e. The van der Waals surface area contributed by atoms with E-state index in [9.17, 15) is 22.8 Å². The maximum absolute atomic E-state index is 13.0. The fraction of sp³-hybridized carbons (Fsp3) is 0.526. The number of morpholine rings is 1. The van der Waals surface area contributed by atoms with Gasteiger partial charge in [0.05, 0.1) is 22.7 Å². The molecule has 1 fully saturated rings. The molecular weight excluding hydrogens is 414 g/mol. The molecule has 0 aromatic heterocycles. The molecule has 0 spiro atoms. The van der Waals surface area contributed by atoms with E-state index in [-0.39, 0.29) is 35.8 Å². The topological polar surface area (TPSA) is 131 Å². The van der Waals surface area contributed by atoms with Crippen LogP contribution in [0.15, 0.2) is 29.2 Å². The second-order valence-electron chi connectivity index (χ2n) is 7.00. The summed E-state index contributed by atoms with van der Waals surface area (Å²) in [6.07, 6.45) is -1.75. The lowest BCUT2D eigenvalue weighted by molar-refractivity contribution is -0.127. The van der Waals surface area contributed by atoms with E-state index in [0.717, 1.165) is 0 Å². The number of nitrogens with zero attached hydrogens (tertiary/aromatic N) is 1. The molecule has 0 saturated carbocycles. The Kier molecular flexibility index (Phi) is 7.93. The van der Waals surface area contributed by atoms with Crippen LogP contribution in [-0.4, -0.2) is 68.6 Å². The van der Waals surface area contributed by atoms with Crippen molar-refractivity contribution in [1.29, 1.82) is 0 Å². The van der Waals surface area contributed by atoms with Gasteiger partial charge in [-0.05, 0) is 45.9 Å². The van der Waals surface area contributed by atoms with Crippen molar-refractivity contribution in [3.63, 3.8) is 0 Å². The predicted molar refractivity (Wildman–Crippen MR) is 107 cm³/mol. The Hall–Kier alpha value is -2.50. The number of carbonyl (C=O) groups excluding carboxylic acids is 3. The SMILES string of the molecule is CCNC(=O)NC(=O)[C@H](C)OC(=O)c1cccc(S(=O)(=O)N2C[C@H](C)O[C@@H](C)C2)c1. The number of urea groups is 1. The lowest BCUT2D eigenvalue weighted by Gasteiger charge is -2.34. The highest BCUT2D eigenvalue weighted by Gasteiger charge is 2.32. The maximum atomic E-state index is 13.0. The zero-order valence-electron chi connectivity index (χ0n) is 17.4. The Balaban J connectivity index is 2.11. The average molecular weight is 442 g/mol. The highest BCUT2D eigenvalue weighted by Crippen LogP contribution is 2.22. The first-order valence-electron chi connectivity index (χ1n) is 9.60. The van der Waals surface area contributed by atoms with E-state index in [1.807, 2.05) is 5.32 Å². The summed E-state index contributed by atoms with van der Waals surface area (Å²) in [5, 5.41) is 4.43. The van der Waals surface area contributed by atoms with Crippen molar-refractivity contribution in [3.05, 3.63) is 29.8 Å². The van der Waals surface area contributed by atoms with Crippen molar-refractivity contribution in [2.45, 2.75) is 50.9 Å². The minimum Gasteiger partial charge on any atom is -0.449 e. The molecule has 1 aliphatic heterocycles. The number of amides is 3. The van der Waals surface area contributed by atoms with Crippen molar-refractivity contribution < 1.29 is 32.3 Å². The molecule has 2 N–H and O–H groups in total. The van der Waals surface area contributed by atoms with Gasteiger partial charge >= 0.3 is 12.0 Å². The summed E-state index contributed by atoms with van der Waals surface area (Å²) in [7, 11) is -3.84. The molecule has 0 bridgehead atoms. The predicted octanol–water partition coefficient (Wildman–Crippen LogP) is 0.876. The van der Waals surface area contributed by atoms with Crippen LogP contribution in [0.25, 0.3) is 0 Å². The zero-order valence-corrected chi connectivity index (χ0v) is 18.2. The van der Waals surface area contributed by atoms with E-state index in [0.29, 0.717) is 6.54 Å². The van der Waals surface area contributed by atoms with Crippen LogP contribution in [0.5, 0.6) is 0 Å². The molecular formula is C19H27N3O7S. The van der Waals surface area contributed by atoms with Gasteiger partial charge in [-0.1, -0.05) is 6.07 Å². The van der Waals surface area contributed by atoms with Gasteiger partial charge in [0.1, 0.15) is 0 Å². The van der Waals surface area contributed by atoms with E-state index >= 15 is 0 Å². The normalized spacial score (nSPS) is 20.8. The summed E-state index contributed by atoms with van der Waals surface area (Å²) in [5.74, 6) is -1.68. The Morgan fingerprint density at radius 1 is 1.23 bits per heavy atom. The van der Waals surface area contributed by atoms with Crippen LogP contribution < -0.4 is 10.6 Å². The number of rotatable bonds is 6. The Morgan fingerprint density at radius 3 is 2.47 bits per heavy atom. The van der Waals surface area contributed by atoms with Gasteiger partial charge < -0.3 is 14.8 Å². The minimum atomic E-state index is -3.84. The van der Waals surface area contributed by atoms with Crippen molar-refractivity contribution >= 4 is 27.9 Å². The molecule has 1 aromatic carbocycles. The van der Waals surface area contributed by atoms with E-state index in [4.69, 9.17) is 9.47 Å². The second kappa shape index (κ2) is 10.0. The van der Waals surface area contributed by atoms with Gasteiger partial charge in [0.2, 0.25) is 10.0 Å². The van der Waals surface area contributed by atoms with Gasteiger partial charge in [0.25, 0.3) is 5.91 Å². The summed E-state index contributed by atoms with van der Waals surface area (Å²) >= 11 is 0. The fourth-order valence-electron chi connectivity index (χ4n) is 2.96. The largest absolute Gasteiger partial charge is 0.449 e. The summed E-state index contributed by atoms with van der Waals surface area (Å²) in [6.45, 7) is 7.32. The summed E-state index contributed by atoms with van der Waals surface area (Å²) in [6, 6.07) is 4.71. The highest BCUT2D eigenvalue weighted by molar-refractivity contribution is 7.89. The van der Waals surface area contributed by atoms with Crippen LogP contribution in [0.1, 0.15) is 38.1 Å². The van der Waals surface area contributed by atoms with Gasteiger partial charge in [-0.2, -0.15) is 4.31 Å². The molecule has 10 nitrogen and oxygen atoms in total. The molecule has 11 heteroatoms. The Labute approximate surface area is 176 Å². The summed E-state index contributed by atoms with van der Waals surface area (Å²) in [5.41, 5.74) is -0.0249. The van der Waals surface area contributed by atoms with Gasteiger partial charge in [-0.15, -0.1) is 0 Å². The minimum absolute atomic E-state index is 0.0249. The summed E-state index contributed by atoms with van der Waals surface area (Å²) in [4.78, 5) is 35.7. The third-order valence-corrected chi connectivity index (χ3v) is 6.15. The van der Waals surface area contributed by atoms with Crippen LogP contribution in [0, 0.1) is 0 Å². The van der Waals surface area contributed by atoms with Crippen LogP contribution >= 0.6 is 0 Å². The molecule has 3 amide bonds. The molecule has 0 unspecified atom stereocenters. The van der Waals surface area contributed by atoms with Crippen molar-refractivity contribution in [1.82, 2.24) is 14.9 Å². The quantitative estimate of drug-likeness (QED) is 0.626. The highest BCUT2D eigenvalue weighted by atomic mass is 32.2. The number of carbonyl (C=O) groups is 3. The van der Waals surface area contributed by atoms with Gasteiger partial charge in [0.15, 0.2) is 6.10 Å². The molecule has 0 radical (unpaired) electrons. The molecule has 166 valence electrons. The van der Waals surface area contributed by atoms with Gasteiger partial charge in [0, 0.05) is 19.6 Å². The monoisotopic (exact) mass is 441 g/mol. The third kappa shape index (κ3) is 6.00. The zero-order chi connectivity index (χ0) is 22.5. The van der Waals surface area contributed by atoms with Crippen LogP contribution in [0.3, 0.4) is 0 Å². The van der Waals surface area contributed by atoms with Crippen LogP contribution in [0.4, 0.5) is 4.79 Å². The number of ether oxygens (including phenoxy) is 2. The molecule has 2 rings (SSSR count).